The molecule has 1 atom stereocenters. The van der Waals surface area contributed by atoms with Crippen molar-refractivity contribution < 1.29 is 29.6 Å². The average Bonchev–Trinajstić information content (AvgIpc) is 3.13. The monoisotopic (exact) mass is 465 g/mol. The van der Waals surface area contributed by atoms with E-state index >= 15 is 0 Å². The number of nitrogens with two attached hydrogens (primary N) is 1. The Morgan fingerprint density at radius 3 is 2.18 bits per heavy atom. The van der Waals surface area contributed by atoms with Gasteiger partial charge < -0.3 is 30.5 Å². The molecule has 1 spiro atoms. The van der Waals surface area contributed by atoms with E-state index in [-0.39, 0.29) is 11.5 Å². The molecule has 1 unspecified atom stereocenters. The highest BCUT2D eigenvalue weighted by Gasteiger charge is 2.53. The van der Waals surface area contributed by atoms with E-state index in [4.69, 9.17) is 20.3 Å². The number of esters is 1. The number of hydrogen-bond acceptors (Lipinski definition) is 7. The van der Waals surface area contributed by atoms with Gasteiger partial charge in [0.25, 0.3) is 0 Å². The van der Waals surface area contributed by atoms with Crippen LogP contribution in [0.1, 0.15) is 60.2 Å². The van der Waals surface area contributed by atoms with Crippen molar-refractivity contribution in [1.29, 1.82) is 0 Å². The van der Waals surface area contributed by atoms with Crippen LogP contribution in [0.5, 0.6) is 23.0 Å². The van der Waals surface area contributed by atoms with Crippen LogP contribution < -0.4 is 10.5 Å². The molecule has 7 heteroatoms. The number of rotatable bonds is 4. The molecule has 0 fully saturated rings. The summed E-state index contributed by atoms with van der Waals surface area (Å²) in [7, 11) is 0. The van der Waals surface area contributed by atoms with Crippen LogP contribution in [0.25, 0.3) is 0 Å². The molecule has 2 aliphatic heterocycles. The van der Waals surface area contributed by atoms with Gasteiger partial charge in [0.2, 0.25) is 0 Å². The van der Waals surface area contributed by atoms with Gasteiger partial charge in [-0.1, -0.05) is 32.0 Å². The summed E-state index contributed by atoms with van der Waals surface area (Å²) in [6.07, 6.45) is 3.00. The van der Waals surface area contributed by atoms with Gasteiger partial charge in [-0.15, -0.1) is 0 Å². The smallest absolute Gasteiger partial charge is 0.340 e. The van der Waals surface area contributed by atoms with E-state index in [0.717, 1.165) is 25.8 Å². The summed E-state index contributed by atoms with van der Waals surface area (Å²) < 4.78 is 11.8. The zero-order valence-corrected chi connectivity index (χ0v) is 19.5. The lowest BCUT2D eigenvalue weighted by atomic mass is 9.77. The molecule has 7 nitrogen and oxygen atoms in total. The number of ether oxygens (including phenoxy) is 2. The third kappa shape index (κ3) is 4.58. The maximum absolute atomic E-state index is 12.6. The van der Waals surface area contributed by atoms with Crippen LogP contribution in [0.3, 0.4) is 0 Å². The van der Waals surface area contributed by atoms with E-state index in [9.17, 15) is 15.0 Å². The van der Waals surface area contributed by atoms with Gasteiger partial charge in [0, 0.05) is 29.4 Å². The number of para-hydroxylation sites is 1. The number of hydrogen-bond donors (Lipinski definition) is 4. The lowest BCUT2D eigenvalue weighted by molar-refractivity contribution is 0.0224. The third-order valence-corrected chi connectivity index (χ3v) is 5.54. The van der Waals surface area contributed by atoms with Crippen LogP contribution in [-0.4, -0.2) is 34.4 Å². The minimum absolute atomic E-state index is 0.000904. The van der Waals surface area contributed by atoms with Gasteiger partial charge >= 0.3 is 5.97 Å². The number of carbonyl (C=O) groups excluding carboxylic acids is 1. The number of aromatic hydroxyl groups is 2. The Morgan fingerprint density at radius 2 is 1.47 bits per heavy atom. The molecule has 180 valence electrons. The van der Waals surface area contributed by atoms with Crippen molar-refractivity contribution in [2.75, 3.05) is 13.2 Å². The highest BCUT2D eigenvalue weighted by molar-refractivity contribution is 5.97. The van der Waals surface area contributed by atoms with Crippen molar-refractivity contribution in [3.8, 4) is 23.0 Å². The Bertz CT molecular complexity index is 1140. The number of aliphatic hydroxyl groups excluding tert-OH is 1. The quantitative estimate of drug-likeness (QED) is 0.322. The Morgan fingerprint density at radius 1 is 0.824 bits per heavy atom. The SMILES string of the molecule is CC.NCCCCCO.O=C1OC2(c3ccccc3Oc3cc(O)ccc32)c2ccc(O)cc21. The van der Waals surface area contributed by atoms with Crippen LogP contribution in [0, 0.1) is 0 Å². The Balaban J connectivity index is 0.000000313. The summed E-state index contributed by atoms with van der Waals surface area (Å²) in [5, 5.41) is 27.8. The first-order chi connectivity index (χ1) is 16.5. The second kappa shape index (κ2) is 11.0. The molecular formula is C27H31NO6. The molecule has 0 saturated heterocycles. The van der Waals surface area contributed by atoms with E-state index in [1.54, 1.807) is 18.2 Å². The number of carbonyl (C=O) groups is 1. The van der Waals surface area contributed by atoms with Crippen LogP contribution >= 0.6 is 0 Å². The van der Waals surface area contributed by atoms with Crippen LogP contribution in [-0.2, 0) is 10.3 Å². The largest absolute Gasteiger partial charge is 0.508 e. The Labute approximate surface area is 199 Å². The molecule has 0 aliphatic carbocycles. The molecule has 2 aliphatic rings. The van der Waals surface area contributed by atoms with E-state index in [2.05, 4.69) is 0 Å². The molecule has 5 rings (SSSR count). The molecule has 0 amide bonds. The second-order valence-corrected chi connectivity index (χ2v) is 7.65. The number of benzene rings is 3. The van der Waals surface area contributed by atoms with Crippen LogP contribution in [0.15, 0.2) is 60.7 Å². The minimum Gasteiger partial charge on any atom is -0.508 e. The van der Waals surface area contributed by atoms with E-state index < -0.39 is 11.6 Å². The predicted molar refractivity (Wildman–Crippen MR) is 129 cm³/mol. The topological polar surface area (TPSA) is 122 Å². The minimum atomic E-state index is -1.17. The van der Waals surface area contributed by atoms with Crippen molar-refractivity contribution in [3.05, 3.63) is 82.9 Å². The van der Waals surface area contributed by atoms with Gasteiger partial charge in [-0.2, -0.15) is 0 Å². The molecular weight excluding hydrogens is 434 g/mol. The summed E-state index contributed by atoms with van der Waals surface area (Å²) in [6, 6.07) is 16.7. The number of phenols is 2. The third-order valence-electron chi connectivity index (χ3n) is 5.54. The summed E-state index contributed by atoms with van der Waals surface area (Å²) >= 11 is 0. The highest BCUT2D eigenvalue weighted by Crippen LogP contribution is 2.56. The van der Waals surface area contributed by atoms with Gasteiger partial charge in [-0.25, -0.2) is 4.79 Å². The van der Waals surface area contributed by atoms with Crippen LogP contribution in [0.4, 0.5) is 0 Å². The van der Waals surface area contributed by atoms with Crippen LogP contribution in [0.2, 0.25) is 0 Å². The fourth-order valence-corrected chi connectivity index (χ4v) is 4.09. The van der Waals surface area contributed by atoms with Gasteiger partial charge in [0.1, 0.15) is 23.0 Å². The van der Waals surface area contributed by atoms with Crippen molar-refractivity contribution in [2.24, 2.45) is 5.73 Å². The fourth-order valence-electron chi connectivity index (χ4n) is 4.09. The van der Waals surface area contributed by atoms with E-state index in [1.807, 2.05) is 32.0 Å². The van der Waals surface area contributed by atoms with Gasteiger partial charge in [0.15, 0.2) is 5.60 Å². The maximum Gasteiger partial charge on any atom is 0.340 e. The Hall–Kier alpha value is -3.55. The number of aliphatic hydroxyl groups is 1. The van der Waals surface area contributed by atoms with Gasteiger partial charge in [-0.05, 0) is 62.2 Å². The van der Waals surface area contributed by atoms with Crippen molar-refractivity contribution >= 4 is 5.97 Å². The molecule has 3 aromatic carbocycles. The number of phenolic OH excluding ortho intramolecular Hbond substituents is 2. The normalized spacial score (nSPS) is 16.5. The molecule has 0 aromatic heterocycles. The van der Waals surface area contributed by atoms with Gasteiger partial charge in [-0.3, -0.25) is 0 Å². The summed E-state index contributed by atoms with van der Waals surface area (Å²) in [5.41, 5.74) is 6.30. The summed E-state index contributed by atoms with van der Waals surface area (Å²) in [4.78, 5) is 12.6. The molecule has 0 radical (unpaired) electrons. The molecule has 0 saturated carbocycles. The first-order valence-corrected chi connectivity index (χ1v) is 11.5. The second-order valence-electron chi connectivity index (χ2n) is 7.65. The zero-order valence-electron chi connectivity index (χ0n) is 19.5. The summed E-state index contributed by atoms with van der Waals surface area (Å²) in [5.74, 6) is 0.519. The predicted octanol–water partition coefficient (Wildman–Crippen LogP) is 4.80. The highest BCUT2D eigenvalue weighted by atomic mass is 16.6. The van der Waals surface area contributed by atoms with E-state index in [1.165, 1.54) is 24.3 Å². The molecule has 3 aromatic rings. The Kier molecular flexibility index (Phi) is 8.15. The zero-order chi connectivity index (χ0) is 24.7. The molecule has 2 heterocycles. The molecule has 0 bridgehead atoms. The lowest BCUT2D eigenvalue weighted by Gasteiger charge is -2.36. The van der Waals surface area contributed by atoms with Crippen molar-refractivity contribution in [3.63, 3.8) is 0 Å². The first-order valence-electron chi connectivity index (χ1n) is 11.5. The molecule has 34 heavy (non-hydrogen) atoms. The van der Waals surface area contributed by atoms with E-state index in [0.29, 0.717) is 40.4 Å². The fraction of sp³-hybridized carbons (Fsp3) is 0.296. The summed E-state index contributed by atoms with van der Waals surface area (Å²) in [6.45, 7) is 5.06. The van der Waals surface area contributed by atoms with Crippen molar-refractivity contribution in [2.45, 2.75) is 38.7 Å². The number of fused-ring (bicyclic) bond motifs is 6. The van der Waals surface area contributed by atoms with Gasteiger partial charge in [0.05, 0.1) is 5.56 Å². The molecule has 5 N–H and O–H groups in total. The lowest BCUT2D eigenvalue weighted by Crippen LogP contribution is -2.32. The standard InChI is InChI=1S/C20H12O5.C5H13NO.C2H6/c21-11-5-7-14-13(9-11)19(23)25-20(14)15-3-1-2-4-17(15)24-18-10-12(22)6-8-16(18)20;6-4-2-1-3-5-7;1-2/h1-10,21-22H;7H,1-6H2;1-2H3. The van der Waals surface area contributed by atoms with Crippen molar-refractivity contribution in [1.82, 2.24) is 0 Å². The first kappa shape index (κ1) is 25.1. The average molecular weight is 466 g/mol. The maximum atomic E-state index is 12.6. The number of unbranched alkanes of at least 4 members (excludes halogenated alkanes) is 2.